The molecular weight excluding hydrogens is 237 g/mol. The standard InChI is InChI=1S/C9H11BrFNO/c10-7-5-6(1-2-8(7)11)9(12)3-4-13/h1-2,5,9,13H,3-4,12H2. The normalized spacial score (nSPS) is 12.9. The van der Waals surface area contributed by atoms with Gasteiger partial charge < -0.3 is 10.8 Å². The lowest BCUT2D eigenvalue weighted by Gasteiger charge is -2.10. The molecule has 1 rings (SSSR count). The van der Waals surface area contributed by atoms with Gasteiger partial charge in [0.05, 0.1) is 4.47 Å². The second kappa shape index (κ2) is 4.69. The third-order valence-corrected chi connectivity index (χ3v) is 2.42. The Bertz CT molecular complexity index is 293. The average Bonchev–Trinajstić information content (AvgIpc) is 2.10. The summed E-state index contributed by atoms with van der Waals surface area (Å²) in [5, 5.41) is 8.66. The Kier molecular flexibility index (Phi) is 3.84. The fourth-order valence-electron chi connectivity index (χ4n) is 1.05. The quantitative estimate of drug-likeness (QED) is 0.858. The van der Waals surface area contributed by atoms with E-state index < -0.39 is 0 Å². The maximum absolute atomic E-state index is 12.8. The number of benzene rings is 1. The fourth-order valence-corrected chi connectivity index (χ4v) is 1.45. The molecule has 0 fully saturated rings. The minimum atomic E-state index is -0.306. The second-order valence-electron chi connectivity index (χ2n) is 2.79. The van der Waals surface area contributed by atoms with Crippen molar-refractivity contribution in [2.75, 3.05) is 6.61 Å². The molecule has 1 aromatic rings. The Balaban J connectivity index is 2.84. The van der Waals surface area contributed by atoms with E-state index in [9.17, 15) is 4.39 Å². The van der Waals surface area contributed by atoms with Gasteiger partial charge in [-0.05, 0) is 40.0 Å². The Morgan fingerprint density at radius 3 is 2.77 bits per heavy atom. The third-order valence-electron chi connectivity index (χ3n) is 1.81. The molecule has 0 heterocycles. The van der Waals surface area contributed by atoms with Crippen molar-refractivity contribution < 1.29 is 9.50 Å². The molecule has 1 aromatic carbocycles. The molecule has 0 radical (unpaired) electrons. The minimum absolute atomic E-state index is 0.0379. The van der Waals surface area contributed by atoms with Crippen LogP contribution in [0.15, 0.2) is 22.7 Å². The molecule has 0 saturated heterocycles. The summed E-state index contributed by atoms with van der Waals surface area (Å²) in [6, 6.07) is 4.38. The summed E-state index contributed by atoms with van der Waals surface area (Å²) < 4.78 is 13.2. The van der Waals surface area contributed by atoms with Gasteiger partial charge in [-0.1, -0.05) is 6.07 Å². The van der Waals surface area contributed by atoms with Crippen molar-refractivity contribution in [3.05, 3.63) is 34.1 Å². The van der Waals surface area contributed by atoms with Crippen LogP contribution in [0.1, 0.15) is 18.0 Å². The van der Waals surface area contributed by atoms with Crippen LogP contribution in [0.25, 0.3) is 0 Å². The first-order valence-electron chi connectivity index (χ1n) is 3.96. The molecule has 0 spiro atoms. The molecule has 4 heteroatoms. The van der Waals surface area contributed by atoms with Crippen molar-refractivity contribution in [2.24, 2.45) is 5.73 Å². The van der Waals surface area contributed by atoms with E-state index in [-0.39, 0.29) is 18.5 Å². The molecule has 0 amide bonds. The Hall–Kier alpha value is -0.450. The zero-order valence-corrected chi connectivity index (χ0v) is 8.59. The summed E-state index contributed by atoms with van der Waals surface area (Å²) in [5.41, 5.74) is 6.54. The van der Waals surface area contributed by atoms with Crippen molar-refractivity contribution >= 4 is 15.9 Å². The highest BCUT2D eigenvalue weighted by Gasteiger charge is 2.07. The van der Waals surface area contributed by atoms with Gasteiger partial charge in [-0.15, -0.1) is 0 Å². The molecule has 0 aliphatic rings. The third kappa shape index (κ3) is 2.76. The highest BCUT2D eigenvalue weighted by Crippen LogP contribution is 2.21. The van der Waals surface area contributed by atoms with Gasteiger partial charge in [-0.3, -0.25) is 0 Å². The molecule has 0 bridgehead atoms. The van der Waals surface area contributed by atoms with E-state index in [4.69, 9.17) is 10.8 Å². The van der Waals surface area contributed by atoms with Gasteiger partial charge in [-0.2, -0.15) is 0 Å². The van der Waals surface area contributed by atoms with E-state index in [1.54, 1.807) is 12.1 Å². The van der Waals surface area contributed by atoms with Gasteiger partial charge >= 0.3 is 0 Å². The van der Waals surface area contributed by atoms with Crippen LogP contribution in [-0.4, -0.2) is 11.7 Å². The van der Waals surface area contributed by atoms with E-state index in [0.29, 0.717) is 10.9 Å². The SMILES string of the molecule is NC(CCO)c1ccc(F)c(Br)c1. The van der Waals surface area contributed by atoms with Crippen LogP contribution in [-0.2, 0) is 0 Å². The molecule has 3 N–H and O–H groups in total. The van der Waals surface area contributed by atoms with Gasteiger partial charge in [-0.25, -0.2) is 4.39 Å². The summed E-state index contributed by atoms with van der Waals surface area (Å²) in [6.07, 6.45) is 0.484. The molecule has 72 valence electrons. The van der Waals surface area contributed by atoms with Crippen molar-refractivity contribution in [1.29, 1.82) is 0 Å². The maximum Gasteiger partial charge on any atom is 0.137 e. The van der Waals surface area contributed by atoms with Gasteiger partial charge in [0.1, 0.15) is 5.82 Å². The summed E-state index contributed by atoms with van der Waals surface area (Å²) in [4.78, 5) is 0. The highest BCUT2D eigenvalue weighted by atomic mass is 79.9. The zero-order valence-electron chi connectivity index (χ0n) is 7.00. The number of aliphatic hydroxyl groups excluding tert-OH is 1. The molecule has 0 aliphatic carbocycles. The molecule has 13 heavy (non-hydrogen) atoms. The lowest BCUT2D eigenvalue weighted by atomic mass is 10.1. The topological polar surface area (TPSA) is 46.2 Å². The van der Waals surface area contributed by atoms with Crippen molar-refractivity contribution in [1.82, 2.24) is 0 Å². The largest absolute Gasteiger partial charge is 0.396 e. The van der Waals surface area contributed by atoms with Crippen LogP contribution in [0.5, 0.6) is 0 Å². The van der Waals surface area contributed by atoms with Crippen LogP contribution in [0, 0.1) is 5.82 Å². The van der Waals surface area contributed by atoms with Crippen LogP contribution in [0.3, 0.4) is 0 Å². The van der Waals surface area contributed by atoms with Crippen LogP contribution < -0.4 is 5.73 Å². The van der Waals surface area contributed by atoms with E-state index in [1.165, 1.54) is 6.07 Å². The Morgan fingerprint density at radius 2 is 2.23 bits per heavy atom. The molecule has 0 aromatic heterocycles. The average molecular weight is 248 g/mol. The molecule has 0 aliphatic heterocycles. The van der Waals surface area contributed by atoms with Crippen molar-refractivity contribution in [2.45, 2.75) is 12.5 Å². The molecule has 1 unspecified atom stereocenters. The minimum Gasteiger partial charge on any atom is -0.396 e. The van der Waals surface area contributed by atoms with E-state index in [2.05, 4.69) is 15.9 Å². The number of nitrogens with two attached hydrogens (primary N) is 1. The highest BCUT2D eigenvalue weighted by molar-refractivity contribution is 9.10. The number of hydrogen-bond acceptors (Lipinski definition) is 2. The molecular formula is C9H11BrFNO. The smallest absolute Gasteiger partial charge is 0.137 e. The van der Waals surface area contributed by atoms with Gasteiger partial charge in [0.25, 0.3) is 0 Å². The fraction of sp³-hybridized carbons (Fsp3) is 0.333. The summed E-state index contributed by atoms with van der Waals surface area (Å²) >= 11 is 3.07. The Labute approximate surface area is 84.7 Å². The number of rotatable bonds is 3. The predicted molar refractivity (Wildman–Crippen MR) is 52.7 cm³/mol. The first-order chi connectivity index (χ1) is 6.15. The first-order valence-corrected chi connectivity index (χ1v) is 4.76. The Morgan fingerprint density at radius 1 is 1.54 bits per heavy atom. The van der Waals surface area contributed by atoms with E-state index in [0.717, 1.165) is 5.56 Å². The molecule has 2 nitrogen and oxygen atoms in total. The summed E-state index contributed by atoms with van der Waals surface area (Å²) in [6.45, 7) is 0.0379. The van der Waals surface area contributed by atoms with Gasteiger partial charge in [0, 0.05) is 12.6 Å². The number of aliphatic hydroxyl groups is 1. The van der Waals surface area contributed by atoms with Crippen LogP contribution >= 0.6 is 15.9 Å². The van der Waals surface area contributed by atoms with Crippen LogP contribution in [0.2, 0.25) is 0 Å². The summed E-state index contributed by atoms with van der Waals surface area (Å²) in [5.74, 6) is -0.306. The van der Waals surface area contributed by atoms with Crippen LogP contribution in [0.4, 0.5) is 4.39 Å². The van der Waals surface area contributed by atoms with Gasteiger partial charge in [0.15, 0.2) is 0 Å². The first kappa shape index (κ1) is 10.6. The summed E-state index contributed by atoms with van der Waals surface area (Å²) in [7, 11) is 0. The van der Waals surface area contributed by atoms with Crippen molar-refractivity contribution in [3.8, 4) is 0 Å². The van der Waals surface area contributed by atoms with Gasteiger partial charge in [0.2, 0.25) is 0 Å². The lowest BCUT2D eigenvalue weighted by molar-refractivity contribution is 0.276. The number of halogens is 2. The number of hydrogen-bond donors (Lipinski definition) is 2. The van der Waals surface area contributed by atoms with E-state index >= 15 is 0 Å². The lowest BCUT2D eigenvalue weighted by Crippen LogP contribution is -2.11. The zero-order chi connectivity index (χ0) is 9.84. The second-order valence-corrected chi connectivity index (χ2v) is 3.65. The van der Waals surface area contributed by atoms with E-state index in [1.807, 2.05) is 0 Å². The monoisotopic (exact) mass is 247 g/mol. The predicted octanol–water partition coefficient (Wildman–Crippen LogP) is 1.97. The molecule has 0 saturated carbocycles. The molecule has 1 atom stereocenters. The van der Waals surface area contributed by atoms with Crippen molar-refractivity contribution in [3.63, 3.8) is 0 Å². The maximum atomic E-state index is 12.8.